The van der Waals surface area contributed by atoms with Crippen molar-refractivity contribution in [3.05, 3.63) is 35.4 Å². The van der Waals surface area contributed by atoms with Crippen LogP contribution >= 0.6 is 23.1 Å². The monoisotopic (exact) mass is 298 g/mol. The molecule has 4 aromatic rings. The molecule has 0 spiro atoms. The van der Waals surface area contributed by atoms with Gasteiger partial charge in [0.05, 0.1) is 9.40 Å². The zero-order valence-electron chi connectivity index (χ0n) is 10.9. The molecule has 0 aliphatic rings. The average molecular weight is 298 g/mol. The lowest BCUT2D eigenvalue weighted by molar-refractivity contribution is 1.19. The van der Waals surface area contributed by atoms with E-state index in [0.29, 0.717) is 0 Å². The number of hydrogen-bond acceptors (Lipinski definition) is 6. The normalized spacial score (nSPS) is 11.5. The van der Waals surface area contributed by atoms with E-state index in [1.54, 1.807) is 0 Å². The first-order valence-corrected chi connectivity index (χ1v) is 7.74. The minimum absolute atomic E-state index is 0.966. The van der Waals surface area contributed by atoms with Gasteiger partial charge in [-0.15, -0.1) is 10.2 Å². The maximum Gasteiger partial charge on any atom is 0.114 e. The molecule has 0 atom stereocenters. The van der Waals surface area contributed by atoms with Gasteiger partial charge in [0, 0.05) is 11.1 Å². The summed E-state index contributed by atoms with van der Waals surface area (Å²) in [5.41, 5.74) is 6.55. The van der Waals surface area contributed by atoms with E-state index in [1.807, 2.05) is 0 Å². The third kappa shape index (κ3) is 1.58. The lowest BCUT2D eigenvalue weighted by atomic mass is 10.0. The van der Waals surface area contributed by atoms with Gasteiger partial charge < -0.3 is 0 Å². The predicted octanol–water partition coefficient (Wildman–Crippen LogP) is 3.98. The summed E-state index contributed by atoms with van der Waals surface area (Å²) in [6, 6.07) is 8.45. The fraction of sp³-hybridized carbons (Fsp3) is 0.143. The summed E-state index contributed by atoms with van der Waals surface area (Å²) in [5, 5.41) is 8.53. The summed E-state index contributed by atoms with van der Waals surface area (Å²) in [6.45, 7) is 4.15. The van der Waals surface area contributed by atoms with Crippen molar-refractivity contribution in [2.24, 2.45) is 0 Å². The maximum atomic E-state index is 4.30. The van der Waals surface area contributed by atoms with Crippen molar-refractivity contribution in [3.8, 4) is 11.1 Å². The van der Waals surface area contributed by atoms with Crippen LogP contribution in [0.3, 0.4) is 0 Å². The minimum Gasteiger partial charge on any atom is -0.138 e. The Morgan fingerprint density at radius 2 is 1.35 bits per heavy atom. The number of aryl methyl sites for hydroxylation is 2. The van der Waals surface area contributed by atoms with E-state index < -0.39 is 0 Å². The van der Waals surface area contributed by atoms with Crippen LogP contribution in [0.25, 0.3) is 31.6 Å². The van der Waals surface area contributed by atoms with E-state index in [-0.39, 0.29) is 0 Å². The molecule has 4 nitrogen and oxygen atoms in total. The molecule has 0 saturated heterocycles. The number of rotatable bonds is 1. The first-order chi connectivity index (χ1) is 9.75. The van der Waals surface area contributed by atoms with Crippen LogP contribution in [0, 0.1) is 13.8 Å². The molecular weight excluding hydrogens is 288 g/mol. The van der Waals surface area contributed by atoms with Gasteiger partial charge in [-0.2, -0.15) is 0 Å². The van der Waals surface area contributed by atoms with Crippen molar-refractivity contribution in [2.45, 2.75) is 13.8 Å². The molecule has 0 bridgehead atoms. The summed E-state index contributed by atoms with van der Waals surface area (Å²) in [6.07, 6.45) is 0. The second kappa shape index (κ2) is 4.29. The second-order valence-electron chi connectivity index (χ2n) is 4.76. The highest BCUT2D eigenvalue weighted by atomic mass is 32.1. The van der Waals surface area contributed by atoms with Gasteiger partial charge >= 0.3 is 0 Å². The molecule has 2 heterocycles. The fourth-order valence-electron chi connectivity index (χ4n) is 2.41. The Hall–Kier alpha value is -1.92. The first kappa shape index (κ1) is 11.9. The van der Waals surface area contributed by atoms with Gasteiger partial charge in [0.2, 0.25) is 0 Å². The fourth-order valence-corrected chi connectivity index (χ4v) is 3.83. The van der Waals surface area contributed by atoms with Crippen LogP contribution < -0.4 is 0 Å². The summed E-state index contributed by atoms with van der Waals surface area (Å²) < 4.78 is 10.5. The van der Waals surface area contributed by atoms with Crippen LogP contribution in [-0.2, 0) is 0 Å². The van der Waals surface area contributed by atoms with Gasteiger partial charge in [-0.3, -0.25) is 0 Å². The lowest BCUT2D eigenvalue weighted by Crippen LogP contribution is -1.85. The molecule has 0 saturated carbocycles. The van der Waals surface area contributed by atoms with Gasteiger partial charge in [-0.1, -0.05) is 33.2 Å². The number of hydrogen-bond donors (Lipinski definition) is 0. The van der Waals surface area contributed by atoms with Crippen molar-refractivity contribution < 1.29 is 0 Å². The number of benzene rings is 2. The molecule has 0 aliphatic carbocycles. The van der Waals surface area contributed by atoms with Crippen molar-refractivity contribution in [1.29, 1.82) is 0 Å². The summed E-state index contributed by atoms with van der Waals surface area (Å²) in [5.74, 6) is 0. The Balaban J connectivity index is 2.12. The zero-order chi connectivity index (χ0) is 13.7. The molecule has 0 unspecified atom stereocenters. The maximum absolute atomic E-state index is 4.30. The van der Waals surface area contributed by atoms with Gasteiger partial charge in [-0.25, -0.2) is 0 Å². The molecule has 20 heavy (non-hydrogen) atoms. The van der Waals surface area contributed by atoms with Crippen LogP contribution in [0.15, 0.2) is 24.3 Å². The Kier molecular flexibility index (Phi) is 2.55. The van der Waals surface area contributed by atoms with Crippen LogP contribution in [0.1, 0.15) is 11.1 Å². The van der Waals surface area contributed by atoms with Crippen molar-refractivity contribution >= 4 is 43.5 Å². The van der Waals surface area contributed by atoms with Crippen LogP contribution in [0.5, 0.6) is 0 Å². The van der Waals surface area contributed by atoms with E-state index in [1.165, 1.54) is 28.6 Å². The molecular formula is C14H10N4S2. The Labute approximate surface area is 123 Å². The van der Waals surface area contributed by atoms with E-state index in [9.17, 15) is 0 Å². The standard InChI is InChI=1S/C14H10N4S2/c1-7-3-6-10(14-11(7)15-17-20-14)9-5-4-8(2)13-12(9)16-18-19-13/h3-6H,1-2H3. The van der Waals surface area contributed by atoms with Crippen LogP contribution in [0.2, 0.25) is 0 Å². The molecule has 2 aromatic heterocycles. The van der Waals surface area contributed by atoms with Gasteiger partial charge in [0.15, 0.2) is 0 Å². The molecule has 0 aliphatic heterocycles. The zero-order valence-corrected chi connectivity index (χ0v) is 12.5. The summed E-state index contributed by atoms with van der Waals surface area (Å²) in [4.78, 5) is 0. The minimum atomic E-state index is 0.966. The highest BCUT2D eigenvalue weighted by Gasteiger charge is 2.14. The Morgan fingerprint density at radius 3 is 2.20 bits per heavy atom. The second-order valence-corrected chi connectivity index (χ2v) is 6.27. The number of nitrogens with zero attached hydrogens (tertiary/aromatic N) is 4. The number of fused-ring (bicyclic) bond motifs is 2. The van der Waals surface area contributed by atoms with Crippen molar-refractivity contribution in [1.82, 2.24) is 19.2 Å². The van der Waals surface area contributed by atoms with E-state index in [2.05, 4.69) is 57.3 Å². The molecule has 2 aromatic carbocycles. The lowest BCUT2D eigenvalue weighted by Gasteiger charge is -2.05. The third-order valence-electron chi connectivity index (χ3n) is 3.50. The molecule has 0 radical (unpaired) electrons. The molecule has 0 amide bonds. The molecule has 4 rings (SSSR count). The van der Waals surface area contributed by atoms with Gasteiger partial charge in [0.25, 0.3) is 0 Å². The average Bonchev–Trinajstić information content (AvgIpc) is 3.09. The topological polar surface area (TPSA) is 51.6 Å². The summed E-state index contributed by atoms with van der Waals surface area (Å²) in [7, 11) is 0. The summed E-state index contributed by atoms with van der Waals surface area (Å²) >= 11 is 2.88. The molecule has 6 heteroatoms. The quantitative estimate of drug-likeness (QED) is 0.533. The molecule has 98 valence electrons. The predicted molar refractivity (Wildman–Crippen MR) is 83.3 cm³/mol. The van der Waals surface area contributed by atoms with E-state index >= 15 is 0 Å². The van der Waals surface area contributed by atoms with Crippen molar-refractivity contribution in [2.75, 3.05) is 0 Å². The van der Waals surface area contributed by atoms with Gasteiger partial charge in [-0.05, 0) is 48.0 Å². The van der Waals surface area contributed by atoms with E-state index in [0.717, 1.165) is 37.1 Å². The number of aromatic nitrogens is 4. The highest BCUT2D eigenvalue weighted by Crippen LogP contribution is 2.36. The van der Waals surface area contributed by atoms with Crippen LogP contribution in [-0.4, -0.2) is 19.2 Å². The third-order valence-corrected chi connectivity index (χ3v) is 5.12. The highest BCUT2D eigenvalue weighted by molar-refractivity contribution is 7.14. The first-order valence-electron chi connectivity index (χ1n) is 6.19. The van der Waals surface area contributed by atoms with Crippen LogP contribution in [0.4, 0.5) is 0 Å². The Morgan fingerprint density at radius 1 is 0.700 bits per heavy atom. The largest absolute Gasteiger partial charge is 0.138 e. The van der Waals surface area contributed by atoms with Crippen molar-refractivity contribution in [3.63, 3.8) is 0 Å². The van der Waals surface area contributed by atoms with E-state index in [4.69, 9.17) is 0 Å². The molecule has 0 N–H and O–H groups in total. The molecule has 0 fully saturated rings. The van der Waals surface area contributed by atoms with Gasteiger partial charge in [0.1, 0.15) is 11.0 Å². The SMILES string of the molecule is Cc1ccc(-c2ccc(C)c3snnc23)c2snnc12. The Bertz CT molecular complexity index is 861. The smallest absolute Gasteiger partial charge is 0.114 e.